The van der Waals surface area contributed by atoms with Gasteiger partial charge >= 0.3 is 0 Å². The van der Waals surface area contributed by atoms with Crippen LogP contribution in [0.3, 0.4) is 0 Å². The van der Waals surface area contributed by atoms with Crippen LogP contribution in [-0.2, 0) is 4.79 Å². The van der Waals surface area contributed by atoms with Gasteiger partial charge in [0.1, 0.15) is 5.82 Å². The number of rotatable bonds is 6. The van der Waals surface area contributed by atoms with Crippen LogP contribution in [0.2, 0.25) is 0 Å². The lowest BCUT2D eigenvalue weighted by atomic mass is 9.96. The maximum Gasteiger partial charge on any atom is 0.238 e. The number of nitrogens with one attached hydrogen (secondary N) is 2. The number of carbonyl (C=O) groups is 1. The first-order valence-electron chi connectivity index (χ1n) is 7.71. The first kappa shape index (κ1) is 18.9. The normalized spacial score (nSPS) is 12.3. The molecule has 1 atom stereocenters. The Balaban J connectivity index is 2.02. The van der Waals surface area contributed by atoms with Crippen LogP contribution in [0.1, 0.15) is 25.5 Å². The van der Waals surface area contributed by atoms with E-state index in [9.17, 15) is 22.4 Å². The number of benzene rings is 2. The van der Waals surface area contributed by atoms with Crippen molar-refractivity contribution in [2.24, 2.45) is 5.92 Å². The van der Waals surface area contributed by atoms with Crippen molar-refractivity contribution in [3.8, 4) is 0 Å². The van der Waals surface area contributed by atoms with E-state index >= 15 is 0 Å². The number of amides is 1. The highest BCUT2D eigenvalue weighted by atomic mass is 19.2. The smallest absolute Gasteiger partial charge is 0.238 e. The lowest BCUT2D eigenvalue weighted by Gasteiger charge is -2.23. The van der Waals surface area contributed by atoms with E-state index in [2.05, 4.69) is 10.6 Å². The molecule has 0 aliphatic heterocycles. The molecule has 2 aromatic carbocycles. The summed E-state index contributed by atoms with van der Waals surface area (Å²) in [5, 5.41) is 5.19. The zero-order chi connectivity index (χ0) is 18.6. The van der Waals surface area contributed by atoms with Gasteiger partial charge in [-0.2, -0.15) is 0 Å². The van der Waals surface area contributed by atoms with Crippen LogP contribution in [0.25, 0.3) is 0 Å². The fourth-order valence-electron chi connectivity index (χ4n) is 2.43. The average molecular weight is 354 g/mol. The largest absolute Gasteiger partial charge is 0.322 e. The summed E-state index contributed by atoms with van der Waals surface area (Å²) < 4.78 is 52.7. The Labute approximate surface area is 143 Å². The molecule has 1 amide bonds. The van der Waals surface area contributed by atoms with Gasteiger partial charge in [0.05, 0.1) is 12.2 Å². The van der Waals surface area contributed by atoms with Crippen molar-refractivity contribution >= 4 is 11.6 Å². The van der Waals surface area contributed by atoms with Crippen molar-refractivity contribution in [3.63, 3.8) is 0 Å². The van der Waals surface area contributed by atoms with Crippen LogP contribution < -0.4 is 10.6 Å². The van der Waals surface area contributed by atoms with Crippen LogP contribution >= 0.6 is 0 Å². The van der Waals surface area contributed by atoms with E-state index in [1.807, 2.05) is 13.8 Å². The van der Waals surface area contributed by atoms with Gasteiger partial charge < -0.3 is 10.6 Å². The molecule has 0 aromatic heterocycles. The summed E-state index contributed by atoms with van der Waals surface area (Å²) >= 11 is 0. The van der Waals surface area contributed by atoms with E-state index < -0.39 is 29.0 Å². The molecule has 7 heteroatoms. The molecule has 0 radical (unpaired) electrons. The molecule has 134 valence electrons. The molecule has 0 saturated carbocycles. The van der Waals surface area contributed by atoms with E-state index in [0.29, 0.717) is 0 Å². The van der Waals surface area contributed by atoms with E-state index in [1.165, 1.54) is 12.1 Å². The van der Waals surface area contributed by atoms with Gasteiger partial charge in [-0.25, -0.2) is 17.6 Å². The number of hydrogen-bond acceptors (Lipinski definition) is 2. The minimum absolute atomic E-state index is 0.0956. The van der Waals surface area contributed by atoms with Gasteiger partial charge in [-0.05, 0) is 35.7 Å². The predicted octanol–water partition coefficient (Wildman–Crippen LogP) is 4.17. The van der Waals surface area contributed by atoms with Gasteiger partial charge in [0, 0.05) is 6.04 Å². The monoisotopic (exact) mass is 354 g/mol. The van der Waals surface area contributed by atoms with Gasteiger partial charge in [-0.15, -0.1) is 0 Å². The van der Waals surface area contributed by atoms with Crippen molar-refractivity contribution in [2.45, 2.75) is 19.9 Å². The fourth-order valence-corrected chi connectivity index (χ4v) is 2.43. The zero-order valence-corrected chi connectivity index (χ0v) is 13.7. The summed E-state index contributed by atoms with van der Waals surface area (Å²) in [6.07, 6.45) is 0. The Morgan fingerprint density at radius 2 is 1.60 bits per heavy atom. The molecule has 25 heavy (non-hydrogen) atoms. The summed E-state index contributed by atoms with van der Waals surface area (Å²) in [5.41, 5.74) is 0.358. The van der Waals surface area contributed by atoms with Crippen LogP contribution in [0.5, 0.6) is 0 Å². The second kappa shape index (κ2) is 8.11. The highest BCUT2D eigenvalue weighted by molar-refractivity contribution is 5.92. The van der Waals surface area contributed by atoms with Gasteiger partial charge in [-0.1, -0.05) is 26.0 Å². The molecule has 0 heterocycles. The third-order valence-electron chi connectivity index (χ3n) is 3.69. The Hall–Kier alpha value is -2.41. The molecule has 0 spiro atoms. The summed E-state index contributed by atoms with van der Waals surface area (Å²) in [6, 6.07) is 7.32. The van der Waals surface area contributed by atoms with Gasteiger partial charge in [0.25, 0.3) is 0 Å². The highest BCUT2D eigenvalue weighted by Gasteiger charge is 2.18. The number of halogens is 4. The van der Waals surface area contributed by atoms with Crippen molar-refractivity contribution < 1.29 is 22.4 Å². The third-order valence-corrected chi connectivity index (χ3v) is 3.69. The molecule has 0 fully saturated rings. The van der Waals surface area contributed by atoms with Crippen LogP contribution in [0.15, 0.2) is 36.4 Å². The standard InChI is InChI=1S/C18H18F4N2O/c1-10(2)18(11-3-5-12(19)6-4-11)23-9-15(25)24-14-8-7-13(20)16(21)17(14)22/h3-8,10,18,23H,9H2,1-2H3,(H,24,25)/t18-/m0/s1. The molecule has 0 aliphatic carbocycles. The fraction of sp³-hybridized carbons (Fsp3) is 0.278. The second-order valence-electron chi connectivity index (χ2n) is 5.93. The van der Waals surface area contributed by atoms with Crippen LogP contribution in [-0.4, -0.2) is 12.5 Å². The first-order chi connectivity index (χ1) is 11.8. The van der Waals surface area contributed by atoms with Gasteiger partial charge in [0.2, 0.25) is 5.91 Å². The average Bonchev–Trinajstić information content (AvgIpc) is 2.57. The predicted molar refractivity (Wildman–Crippen MR) is 86.9 cm³/mol. The van der Waals surface area contributed by atoms with Gasteiger partial charge in [0.15, 0.2) is 17.5 Å². The molecule has 0 aliphatic rings. The SMILES string of the molecule is CC(C)[C@H](NCC(=O)Nc1ccc(F)c(F)c1F)c1ccc(F)cc1. The number of anilines is 1. The molecule has 2 aromatic rings. The van der Waals surface area contributed by atoms with Crippen molar-refractivity contribution in [1.82, 2.24) is 5.32 Å². The minimum atomic E-state index is -1.64. The molecule has 0 unspecified atom stereocenters. The highest BCUT2D eigenvalue weighted by Crippen LogP contribution is 2.22. The molecule has 3 nitrogen and oxygen atoms in total. The molecule has 2 rings (SSSR count). The molecular weight excluding hydrogens is 336 g/mol. The lowest BCUT2D eigenvalue weighted by molar-refractivity contribution is -0.115. The minimum Gasteiger partial charge on any atom is -0.322 e. The van der Waals surface area contributed by atoms with Crippen molar-refractivity contribution in [2.75, 3.05) is 11.9 Å². The first-order valence-corrected chi connectivity index (χ1v) is 7.71. The quantitative estimate of drug-likeness (QED) is 0.604. The van der Waals surface area contributed by atoms with Crippen molar-refractivity contribution in [3.05, 3.63) is 65.2 Å². The number of hydrogen-bond donors (Lipinski definition) is 2. The summed E-state index contributed by atoms with van der Waals surface area (Å²) in [6.45, 7) is 3.67. The molecule has 0 saturated heterocycles. The van der Waals surface area contributed by atoms with E-state index in [1.54, 1.807) is 12.1 Å². The zero-order valence-electron chi connectivity index (χ0n) is 13.7. The van der Waals surface area contributed by atoms with Crippen molar-refractivity contribution in [1.29, 1.82) is 0 Å². The van der Waals surface area contributed by atoms with E-state index in [-0.39, 0.29) is 24.3 Å². The Bertz CT molecular complexity index is 747. The van der Waals surface area contributed by atoms with E-state index in [4.69, 9.17) is 0 Å². The molecule has 2 N–H and O–H groups in total. The second-order valence-corrected chi connectivity index (χ2v) is 5.93. The summed E-state index contributed by atoms with van der Waals surface area (Å²) in [7, 11) is 0. The molecule has 0 bridgehead atoms. The lowest BCUT2D eigenvalue weighted by Crippen LogP contribution is -2.33. The summed E-state index contributed by atoms with van der Waals surface area (Å²) in [4.78, 5) is 12.0. The maximum atomic E-state index is 13.6. The topological polar surface area (TPSA) is 41.1 Å². The summed E-state index contributed by atoms with van der Waals surface area (Å²) in [5.74, 6) is -5.30. The van der Waals surface area contributed by atoms with E-state index in [0.717, 1.165) is 17.7 Å². The Morgan fingerprint density at radius 3 is 2.20 bits per heavy atom. The molecular formula is C18H18F4N2O. The maximum absolute atomic E-state index is 13.6. The van der Waals surface area contributed by atoms with Crippen LogP contribution in [0.4, 0.5) is 23.2 Å². The van der Waals surface area contributed by atoms with Gasteiger partial charge in [-0.3, -0.25) is 4.79 Å². The Kier molecular flexibility index (Phi) is 6.14. The third kappa shape index (κ3) is 4.79. The van der Waals surface area contributed by atoms with Crippen LogP contribution in [0, 0.1) is 29.2 Å². The number of carbonyl (C=O) groups excluding carboxylic acids is 1. The Morgan fingerprint density at radius 1 is 0.960 bits per heavy atom.